The van der Waals surface area contributed by atoms with Crippen LogP contribution in [0.25, 0.3) is 0 Å². The summed E-state index contributed by atoms with van der Waals surface area (Å²) < 4.78 is 2.00. The smallest absolute Gasteiger partial charge is 0.337 e. The van der Waals surface area contributed by atoms with E-state index in [0.29, 0.717) is 18.2 Å². The van der Waals surface area contributed by atoms with Crippen molar-refractivity contribution in [2.45, 2.75) is 39.3 Å². The summed E-state index contributed by atoms with van der Waals surface area (Å²) in [5.41, 5.74) is 11.9. The monoisotopic (exact) mass is 363 g/mol. The van der Waals surface area contributed by atoms with Gasteiger partial charge in [0.1, 0.15) is 0 Å². The van der Waals surface area contributed by atoms with E-state index in [1.54, 1.807) is 18.5 Å². The molecule has 4 rings (SSSR count). The molecular weight excluding hydrogens is 338 g/mol. The molecule has 2 aromatic heterocycles. The number of nitrogens with zero attached hydrogens (tertiary/aromatic N) is 2. The number of carbonyl (C=O) groups is 1. The second kappa shape index (κ2) is 8.18. The third-order valence-corrected chi connectivity index (χ3v) is 4.98. The highest BCUT2D eigenvalue weighted by atomic mass is 16.4. The van der Waals surface area contributed by atoms with E-state index in [4.69, 9.17) is 10.8 Å². The normalized spacial score (nSPS) is 13.0. The lowest BCUT2D eigenvalue weighted by atomic mass is 10.1. The van der Waals surface area contributed by atoms with Crippen molar-refractivity contribution >= 4 is 5.97 Å². The van der Waals surface area contributed by atoms with Crippen LogP contribution in [0, 0.1) is 13.8 Å². The number of aromatic nitrogens is 2. The minimum Gasteiger partial charge on any atom is -0.478 e. The minimum absolute atomic E-state index is 0.372. The quantitative estimate of drug-likeness (QED) is 0.748. The molecule has 2 heterocycles. The Hall–Kier alpha value is -2.92. The van der Waals surface area contributed by atoms with Gasteiger partial charge in [-0.2, -0.15) is 0 Å². The van der Waals surface area contributed by atoms with Crippen LogP contribution in [0.4, 0.5) is 0 Å². The molecule has 0 fully saturated rings. The van der Waals surface area contributed by atoms with Crippen LogP contribution >= 0.6 is 0 Å². The van der Waals surface area contributed by atoms with E-state index in [1.165, 1.54) is 11.1 Å². The van der Waals surface area contributed by atoms with Gasteiger partial charge in [-0.15, -0.1) is 0 Å². The summed E-state index contributed by atoms with van der Waals surface area (Å²) in [4.78, 5) is 15.0. The maximum absolute atomic E-state index is 11.0. The van der Waals surface area contributed by atoms with Crippen molar-refractivity contribution in [2.75, 3.05) is 0 Å². The number of hydrogen-bond acceptors (Lipinski definition) is 3. The van der Waals surface area contributed by atoms with Crippen molar-refractivity contribution in [2.24, 2.45) is 5.73 Å². The van der Waals surface area contributed by atoms with E-state index in [9.17, 15) is 4.79 Å². The largest absolute Gasteiger partial charge is 0.478 e. The summed E-state index contributed by atoms with van der Waals surface area (Å²) in [6, 6.07) is 14.4. The molecule has 0 radical (unpaired) electrons. The van der Waals surface area contributed by atoms with Crippen molar-refractivity contribution in [3.63, 3.8) is 0 Å². The van der Waals surface area contributed by atoms with Crippen LogP contribution in [0.5, 0.6) is 0 Å². The molecule has 1 aliphatic rings. The van der Waals surface area contributed by atoms with Crippen LogP contribution in [0.2, 0.25) is 0 Å². The molecule has 3 N–H and O–H groups in total. The molecule has 0 unspecified atom stereocenters. The van der Waals surface area contributed by atoms with Gasteiger partial charge in [-0.1, -0.05) is 24.3 Å². The maximum atomic E-state index is 11.0. The van der Waals surface area contributed by atoms with E-state index >= 15 is 0 Å². The van der Waals surface area contributed by atoms with Crippen molar-refractivity contribution in [1.82, 2.24) is 9.55 Å². The SMILES string of the molecule is Cc1cc(C(=O)O)c(C)n1Cc1ccncc1.NC1Cc2ccccc2C1. The fraction of sp³-hybridized carbons (Fsp3) is 0.273. The molecule has 27 heavy (non-hydrogen) atoms. The molecule has 140 valence electrons. The first kappa shape index (κ1) is 18.9. The van der Waals surface area contributed by atoms with Gasteiger partial charge in [0.25, 0.3) is 0 Å². The van der Waals surface area contributed by atoms with E-state index in [0.717, 1.165) is 29.8 Å². The lowest BCUT2D eigenvalue weighted by Gasteiger charge is -2.09. The number of rotatable bonds is 3. The number of carboxylic acids is 1. The van der Waals surface area contributed by atoms with E-state index in [2.05, 4.69) is 29.2 Å². The van der Waals surface area contributed by atoms with Crippen LogP contribution in [-0.2, 0) is 19.4 Å². The standard InChI is InChI=1S/C13H14N2O2.C9H11N/c1-9-7-12(13(16)17)10(2)15(9)8-11-3-5-14-6-4-11;10-9-5-7-3-1-2-4-8(7)6-9/h3-7H,8H2,1-2H3,(H,16,17);1-4,9H,5-6,10H2. The van der Waals surface area contributed by atoms with Gasteiger partial charge in [0.2, 0.25) is 0 Å². The number of aromatic carboxylic acids is 1. The highest BCUT2D eigenvalue weighted by Crippen LogP contribution is 2.20. The van der Waals surface area contributed by atoms with E-state index in [1.807, 2.05) is 30.5 Å². The second-order valence-electron chi connectivity index (χ2n) is 6.97. The van der Waals surface area contributed by atoms with Crippen molar-refractivity contribution < 1.29 is 9.90 Å². The third-order valence-electron chi connectivity index (χ3n) is 4.98. The van der Waals surface area contributed by atoms with Gasteiger partial charge in [0, 0.05) is 36.4 Å². The summed E-state index contributed by atoms with van der Waals surface area (Å²) in [6.07, 6.45) is 5.61. The summed E-state index contributed by atoms with van der Waals surface area (Å²) in [5.74, 6) is -0.876. The fourth-order valence-electron chi connectivity index (χ4n) is 3.52. The molecule has 0 atom stereocenters. The number of pyridine rings is 1. The molecule has 0 amide bonds. The zero-order valence-electron chi connectivity index (χ0n) is 15.7. The predicted molar refractivity (Wildman–Crippen MR) is 106 cm³/mol. The van der Waals surface area contributed by atoms with Gasteiger partial charge >= 0.3 is 5.97 Å². The summed E-state index contributed by atoms with van der Waals surface area (Å²) in [5, 5.41) is 9.05. The molecule has 1 aliphatic carbocycles. The van der Waals surface area contributed by atoms with Crippen LogP contribution < -0.4 is 5.73 Å². The zero-order valence-corrected chi connectivity index (χ0v) is 15.7. The minimum atomic E-state index is -0.876. The lowest BCUT2D eigenvalue weighted by molar-refractivity contribution is 0.0696. The topological polar surface area (TPSA) is 81.1 Å². The average Bonchev–Trinajstić information content (AvgIpc) is 3.17. The third kappa shape index (κ3) is 4.44. The molecule has 1 aromatic carbocycles. The Balaban J connectivity index is 0.000000177. The second-order valence-corrected chi connectivity index (χ2v) is 6.97. The van der Waals surface area contributed by atoms with Crippen LogP contribution in [0.1, 0.15) is 38.4 Å². The summed E-state index contributed by atoms with van der Waals surface area (Å²) >= 11 is 0. The Morgan fingerprint density at radius 1 is 1.15 bits per heavy atom. The van der Waals surface area contributed by atoms with Crippen LogP contribution in [0.15, 0.2) is 54.9 Å². The highest BCUT2D eigenvalue weighted by Gasteiger charge is 2.16. The van der Waals surface area contributed by atoms with Crippen LogP contribution in [-0.4, -0.2) is 26.7 Å². The van der Waals surface area contributed by atoms with E-state index < -0.39 is 5.97 Å². The zero-order chi connectivity index (χ0) is 19.4. The Morgan fingerprint density at radius 2 is 1.74 bits per heavy atom. The molecular formula is C22H25N3O2. The molecule has 3 aromatic rings. The van der Waals surface area contributed by atoms with Gasteiger partial charge in [-0.25, -0.2) is 4.79 Å². The first-order valence-electron chi connectivity index (χ1n) is 9.07. The Kier molecular flexibility index (Phi) is 5.72. The molecule has 0 saturated heterocycles. The summed E-state index contributed by atoms with van der Waals surface area (Å²) in [7, 11) is 0. The molecule has 0 spiro atoms. The Bertz CT molecular complexity index is 907. The van der Waals surface area contributed by atoms with Crippen molar-refractivity contribution in [1.29, 1.82) is 0 Å². The lowest BCUT2D eigenvalue weighted by Crippen LogP contribution is -2.18. The number of aryl methyl sites for hydroxylation is 1. The van der Waals surface area contributed by atoms with Crippen molar-refractivity contribution in [3.05, 3.63) is 88.5 Å². The van der Waals surface area contributed by atoms with Gasteiger partial charge in [-0.3, -0.25) is 4.98 Å². The summed E-state index contributed by atoms with van der Waals surface area (Å²) in [6.45, 7) is 4.42. The average molecular weight is 363 g/mol. The van der Waals surface area contributed by atoms with Crippen molar-refractivity contribution in [3.8, 4) is 0 Å². The number of benzene rings is 1. The Morgan fingerprint density at radius 3 is 2.26 bits per heavy atom. The highest BCUT2D eigenvalue weighted by molar-refractivity contribution is 5.89. The molecule has 0 aliphatic heterocycles. The number of carboxylic acid groups (broad SMARTS) is 1. The first-order valence-corrected chi connectivity index (χ1v) is 9.07. The number of nitrogens with two attached hydrogens (primary N) is 1. The fourth-order valence-corrected chi connectivity index (χ4v) is 3.52. The van der Waals surface area contributed by atoms with Crippen LogP contribution in [0.3, 0.4) is 0 Å². The predicted octanol–water partition coefficient (Wildman–Crippen LogP) is 3.36. The van der Waals surface area contributed by atoms with Gasteiger partial charge in [0.05, 0.1) is 5.56 Å². The first-order chi connectivity index (χ1) is 13.0. The number of hydrogen-bond donors (Lipinski definition) is 2. The Labute approximate surface area is 159 Å². The van der Waals surface area contributed by atoms with Gasteiger partial charge < -0.3 is 15.4 Å². The molecule has 5 nitrogen and oxygen atoms in total. The molecule has 5 heteroatoms. The van der Waals surface area contributed by atoms with Gasteiger partial charge in [-0.05, 0) is 61.6 Å². The van der Waals surface area contributed by atoms with Gasteiger partial charge in [0.15, 0.2) is 0 Å². The maximum Gasteiger partial charge on any atom is 0.337 e. The van der Waals surface area contributed by atoms with E-state index in [-0.39, 0.29) is 0 Å². The molecule has 0 bridgehead atoms. The number of fused-ring (bicyclic) bond motifs is 1. The molecule has 0 saturated carbocycles.